The standard InChI is InChI=1S/C19H13FN2O3S/c20-16-4-2-1-3-14(16)12-22-18(23)17(26-19(22)24)11-13-5-7-15(8-6-13)25-10-9-21/h1-8,11H,10,12H2/b17-11-. The first-order valence-corrected chi connectivity index (χ1v) is 8.48. The summed E-state index contributed by atoms with van der Waals surface area (Å²) < 4.78 is 18.9. The molecule has 1 fully saturated rings. The van der Waals surface area contributed by atoms with Gasteiger partial charge in [0, 0.05) is 5.56 Å². The zero-order valence-corrected chi connectivity index (χ0v) is 14.3. The van der Waals surface area contributed by atoms with E-state index < -0.39 is 17.0 Å². The number of ether oxygens (including phenoxy) is 1. The largest absolute Gasteiger partial charge is 0.479 e. The fraction of sp³-hybridized carbons (Fsp3) is 0.105. The Morgan fingerprint density at radius 1 is 1.15 bits per heavy atom. The molecule has 0 radical (unpaired) electrons. The molecule has 0 aliphatic carbocycles. The summed E-state index contributed by atoms with van der Waals surface area (Å²) in [5.74, 6) is -0.368. The lowest BCUT2D eigenvalue weighted by Crippen LogP contribution is -2.27. The first-order valence-electron chi connectivity index (χ1n) is 7.67. The topological polar surface area (TPSA) is 70.4 Å². The van der Waals surface area contributed by atoms with Crippen LogP contribution in [-0.4, -0.2) is 22.7 Å². The van der Waals surface area contributed by atoms with Crippen LogP contribution < -0.4 is 4.74 Å². The Labute approximate surface area is 153 Å². The molecule has 0 unspecified atom stereocenters. The van der Waals surface area contributed by atoms with Crippen LogP contribution in [0, 0.1) is 17.1 Å². The molecule has 0 saturated carbocycles. The van der Waals surface area contributed by atoms with Crippen LogP contribution in [0.2, 0.25) is 0 Å². The Bertz CT molecular complexity index is 919. The van der Waals surface area contributed by atoms with Crippen molar-refractivity contribution < 1.29 is 18.7 Å². The van der Waals surface area contributed by atoms with Crippen molar-refractivity contribution in [1.29, 1.82) is 5.26 Å². The van der Waals surface area contributed by atoms with Crippen molar-refractivity contribution in [1.82, 2.24) is 4.90 Å². The van der Waals surface area contributed by atoms with Gasteiger partial charge in [-0.05, 0) is 41.6 Å². The number of nitrogens with zero attached hydrogens (tertiary/aromatic N) is 2. The van der Waals surface area contributed by atoms with Crippen LogP contribution in [0.1, 0.15) is 11.1 Å². The molecule has 2 aromatic carbocycles. The van der Waals surface area contributed by atoms with Crippen molar-refractivity contribution in [2.24, 2.45) is 0 Å². The van der Waals surface area contributed by atoms with Gasteiger partial charge in [-0.25, -0.2) is 4.39 Å². The van der Waals surface area contributed by atoms with Gasteiger partial charge in [0.05, 0.1) is 11.4 Å². The summed E-state index contributed by atoms with van der Waals surface area (Å²) in [5.41, 5.74) is 1.00. The second-order valence-corrected chi connectivity index (χ2v) is 6.37. The van der Waals surface area contributed by atoms with Crippen molar-refractivity contribution in [2.45, 2.75) is 6.54 Å². The Hall–Kier alpha value is -3.11. The minimum atomic E-state index is -0.455. The van der Waals surface area contributed by atoms with E-state index in [9.17, 15) is 14.0 Å². The van der Waals surface area contributed by atoms with Crippen LogP contribution in [0.25, 0.3) is 6.08 Å². The molecular weight excluding hydrogens is 355 g/mol. The van der Waals surface area contributed by atoms with E-state index in [2.05, 4.69) is 0 Å². The summed E-state index contributed by atoms with van der Waals surface area (Å²) in [7, 11) is 0. The summed E-state index contributed by atoms with van der Waals surface area (Å²) in [6, 6.07) is 14.7. The summed E-state index contributed by atoms with van der Waals surface area (Å²) >= 11 is 0.822. The monoisotopic (exact) mass is 368 g/mol. The number of nitriles is 1. The minimum Gasteiger partial charge on any atom is -0.479 e. The highest BCUT2D eigenvalue weighted by Gasteiger charge is 2.35. The van der Waals surface area contributed by atoms with Gasteiger partial charge < -0.3 is 4.74 Å². The molecule has 0 N–H and O–H groups in total. The van der Waals surface area contributed by atoms with Gasteiger partial charge in [0.2, 0.25) is 0 Å². The number of carbonyl (C=O) groups is 2. The molecule has 1 aliphatic rings. The summed E-state index contributed by atoms with van der Waals surface area (Å²) in [4.78, 5) is 25.9. The van der Waals surface area contributed by atoms with E-state index in [0.29, 0.717) is 11.3 Å². The van der Waals surface area contributed by atoms with Gasteiger partial charge in [-0.2, -0.15) is 5.26 Å². The van der Waals surface area contributed by atoms with Crippen LogP contribution in [0.3, 0.4) is 0 Å². The van der Waals surface area contributed by atoms with E-state index in [1.807, 2.05) is 6.07 Å². The number of hydrogen-bond donors (Lipinski definition) is 0. The predicted octanol–water partition coefficient (Wildman–Crippen LogP) is 3.96. The zero-order valence-electron chi connectivity index (χ0n) is 13.5. The molecule has 1 heterocycles. The summed E-state index contributed by atoms with van der Waals surface area (Å²) in [6.07, 6.45) is 1.60. The number of halogens is 1. The smallest absolute Gasteiger partial charge is 0.293 e. The average molecular weight is 368 g/mol. The number of carbonyl (C=O) groups excluding carboxylic acids is 2. The third-order valence-corrected chi connectivity index (χ3v) is 4.55. The SMILES string of the molecule is N#CCOc1ccc(/C=C2\SC(=O)N(Cc3ccccc3F)C2=O)cc1. The molecule has 2 aromatic rings. The molecule has 2 amide bonds. The lowest BCUT2D eigenvalue weighted by atomic mass is 10.2. The average Bonchev–Trinajstić information content (AvgIpc) is 2.90. The molecule has 130 valence electrons. The maximum atomic E-state index is 13.8. The molecule has 3 rings (SSSR count). The van der Waals surface area contributed by atoms with Gasteiger partial charge in [-0.3, -0.25) is 14.5 Å². The first kappa shape index (κ1) is 17.7. The Morgan fingerprint density at radius 3 is 2.58 bits per heavy atom. The molecule has 5 nitrogen and oxygen atoms in total. The number of benzene rings is 2. The molecule has 0 bridgehead atoms. The Morgan fingerprint density at radius 2 is 1.88 bits per heavy atom. The second-order valence-electron chi connectivity index (χ2n) is 5.38. The highest BCUT2D eigenvalue weighted by atomic mass is 32.2. The Kier molecular flexibility index (Phi) is 5.34. The second kappa shape index (κ2) is 7.85. The third-order valence-electron chi connectivity index (χ3n) is 3.64. The molecule has 7 heteroatoms. The van der Waals surface area contributed by atoms with Gasteiger partial charge in [0.15, 0.2) is 6.61 Å². The maximum Gasteiger partial charge on any atom is 0.293 e. The lowest BCUT2D eigenvalue weighted by molar-refractivity contribution is -0.123. The predicted molar refractivity (Wildman–Crippen MR) is 95.5 cm³/mol. The highest BCUT2D eigenvalue weighted by molar-refractivity contribution is 8.18. The van der Waals surface area contributed by atoms with Crippen molar-refractivity contribution >= 4 is 29.0 Å². The fourth-order valence-electron chi connectivity index (χ4n) is 2.36. The molecule has 26 heavy (non-hydrogen) atoms. The molecule has 1 saturated heterocycles. The van der Waals surface area contributed by atoms with Crippen LogP contribution >= 0.6 is 11.8 Å². The zero-order chi connectivity index (χ0) is 18.5. The number of thioether (sulfide) groups is 1. The van der Waals surface area contributed by atoms with E-state index in [1.54, 1.807) is 48.5 Å². The van der Waals surface area contributed by atoms with Gasteiger partial charge in [-0.1, -0.05) is 30.3 Å². The van der Waals surface area contributed by atoms with E-state index in [-0.39, 0.29) is 23.6 Å². The van der Waals surface area contributed by atoms with Crippen LogP contribution in [0.5, 0.6) is 5.75 Å². The molecular formula is C19H13FN2O3S. The third kappa shape index (κ3) is 3.92. The maximum absolute atomic E-state index is 13.8. The normalized spacial score (nSPS) is 15.4. The summed E-state index contributed by atoms with van der Waals surface area (Å²) in [6.45, 7) is -0.149. The quantitative estimate of drug-likeness (QED) is 0.747. The molecule has 0 atom stereocenters. The van der Waals surface area contributed by atoms with Crippen molar-refractivity contribution in [3.8, 4) is 11.8 Å². The van der Waals surface area contributed by atoms with Crippen LogP contribution in [0.4, 0.5) is 9.18 Å². The van der Waals surface area contributed by atoms with E-state index in [4.69, 9.17) is 10.00 Å². The van der Waals surface area contributed by atoms with Gasteiger partial charge in [0.1, 0.15) is 17.6 Å². The number of rotatable bonds is 5. The fourth-order valence-corrected chi connectivity index (χ4v) is 3.20. The van der Waals surface area contributed by atoms with E-state index >= 15 is 0 Å². The van der Waals surface area contributed by atoms with Gasteiger partial charge >= 0.3 is 0 Å². The summed E-state index contributed by atoms with van der Waals surface area (Å²) in [5, 5.41) is 8.06. The lowest BCUT2D eigenvalue weighted by Gasteiger charge is -2.12. The number of hydrogen-bond acceptors (Lipinski definition) is 5. The molecule has 1 aliphatic heterocycles. The van der Waals surface area contributed by atoms with E-state index in [1.165, 1.54) is 6.07 Å². The van der Waals surface area contributed by atoms with Crippen LogP contribution in [0.15, 0.2) is 53.4 Å². The number of amides is 2. The first-order chi connectivity index (χ1) is 12.6. The van der Waals surface area contributed by atoms with E-state index in [0.717, 1.165) is 16.7 Å². The minimum absolute atomic E-state index is 0.0473. The van der Waals surface area contributed by atoms with Gasteiger partial charge in [0.25, 0.3) is 11.1 Å². The van der Waals surface area contributed by atoms with Gasteiger partial charge in [-0.15, -0.1) is 0 Å². The van der Waals surface area contributed by atoms with Crippen LogP contribution in [-0.2, 0) is 11.3 Å². The van der Waals surface area contributed by atoms with Crippen molar-refractivity contribution in [2.75, 3.05) is 6.61 Å². The number of imide groups is 1. The van der Waals surface area contributed by atoms with Crippen molar-refractivity contribution in [3.63, 3.8) is 0 Å². The highest BCUT2D eigenvalue weighted by Crippen LogP contribution is 2.33. The van der Waals surface area contributed by atoms with Crippen molar-refractivity contribution in [3.05, 3.63) is 70.4 Å². The molecule has 0 spiro atoms. The molecule has 0 aromatic heterocycles. The Balaban J connectivity index is 1.75.